The van der Waals surface area contributed by atoms with E-state index < -0.39 is 5.41 Å². The molecule has 0 bridgehead atoms. The fourth-order valence-electron chi connectivity index (χ4n) is 2.49. The summed E-state index contributed by atoms with van der Waals surface area (Å²) < 4.78 is 0. The highest BCUT2D eigenvalue weighted by Gasteiger charge is 2.67. The van der Waals surface area contributed by atoms with Crippen LogP contribution >= 0.6 is 0 Å². The highest BCUT2D eigenvalue weighted by molar-refractivity contribution is 6.12. The van der Waals surface area contributed by atoms with Gasteiger partial charge in [0.15, 0.2) is 0 Å². The van der Waals surface area contributed by atoms with Crippen LogP contribution in [-0.2, 0) is 15.0 Å². The Balaban J connectivity index is 2.13. The molecule has 3 N–H and O–H groups in total. The normalized spacial score (nSPS) is 31.2. The van der Waals surface area contributed by atoms with Crippen molar-refractivity contribution < 1.29 is 9.59 Å². The lowest BCUT2D eigenvalue weighted by molar-refractivity contribution is -0.123. The van der Waals surface area contributed by atoms with Gasteiger partial charge in [0.25, 0.3) is 0 Å². The number of amides is 2. The van der Waals surface area contributed by atoms with Gasteiger partial charge < -0.3 is 11.1 Å². The first-order valence-corrected chi connectivity index (χ1v) is 4.86. The van der Waals surface area contributed by atoms with E-state index in [2.05, 4.69) is 5.32 Å². The Morgan fingerprint density at radius 2 is 2.20 bits per heavy atom. The number of anilines is 1. The van der Waals surface area contributed by atoms with Crippen LogP contribution in [0.3, 0.4) is 0 Å². The lowest BCUT2D eigenvalue weighted by Crippen LogP contribution is -2.27. The molecule has 0 radical (unpaired) electrons. The third kappa shape index (κ3) is 0.862. The molecule has 2 atom stereocenters. The standard InChI is InChI=1S/C11H10N2O2/c12-9(14)7-5-11(7)6-3-1-2-4-8(6)13-10(11)15/h1-4,7H,5H2,(H2,12,14)(H,13,15). The van der Waals surface area contributed by atoms with Gasteiger partial charge in [-0.05, 0) is 18.1 Å². The maximum atomic E-state index is 11.8. The van der Waals surface area contributed by atoms with E-state index in [-0.39, 0.29) is 17.7 Å². The molecule has 2 aliphatic rings. The lowest BCUT2D eigenvalue weighted by atomic mass is 9.95. The van der Waals surface area contributed by atoms with Crippen molar-refractivity contribution >= 4 is 17.5 Å². The largest absolute Gasteiger partial charge is 0.369 e. The van der Waals surface area contributed by atoms with Gasteiger partial charge in [0.1, 0.15) is 0 Å². The van der Waals surface area contributed by atoms with E-state index in [1.54, 1.807) is 0 Å². The fraction of sp³-hybridized carbons (Fsp3) is 0.273. The Morgan fingerprint density at radius 3 is 2.87 bits per heavy atom. The van der Waals surface area contributed by atoms with Crippen LogP contribution in [0.4, 0.5) is 5.69 Å². The Bertz CT molecular complexity index is 483. The number of rotatable bonds is 1. The summed E-state index contributed by atoms with van der Waals surface area (Å²) in [5.41, 5.74) is 6.33. The van der Waals surface area contributed by atoms with E-state index in [0.717, 1.165) is 11.3 Å². The van der Waals surface area contributed by atoms with Gasteiger partial charge in [-0.1, -0.05) is 18.2 Å². The lowest BCUT2D eigenvalue weighted by Gasteiger charge is -2.05. The molecular weight excluding hydrogens is 192 g/mol. The number of benzene rings is 1. The van der Waals surface area contributed by atoms with Crippen LogP contribution in [0.1, 0.15) is 12.0 Å². The smallest absolute Gasteiger partial charge is 0.235 e. The van der Waals surface area contributed by atoms with Crippen LogP contribution in [0.2, 0.25) is 0 Å². The molecule has 4 nitrogen and oxygen atoms in total. The molecule has 2 amide bonds. The Labute approximate surface area is 86.5 Å². The molecule has 1 aromatic carbocycles. The summed E-state index contributed by atoms with van der Waals surface area (Å²) in [6, 6.07) is 7.46. The summed E-state index contributed by atoms with van der Waals surface area (Å²) in [6.07, 6.45) is 0.547. The fourth-order valence-corrected chi connectivity index (χ4v) is 2.49. The van der Waals surface area contributed by atoms with Crippen molar-refractivity contribution in [2.24, 2.45) is 11.7 Å². The number of carbonyl (C=O) groups is 2. The SMILES string of the molecule is NC(=O)C1CC12C(=O)Nc1ccccc12. The first-order chi connectivity index (χ1) is 7.16. The second kappa shape index (κ2) is 2.39. The zero-order valence-electron chi connectivity index (χ0n) is 7.99. The number of nitrogens with one attached hydrogen (secondary N) is 1. The summed E-state index contributed by atoms with van der Waals surface area (Å²) in [5.74, 6) is -0.810. The molecule has 0 saturated heterocycles. The number of fused-ring (bicyclic) bond motifs is 2. The van der Waals surface area contributed by atoms with E-state index in [1.165, 1.54) is 0 Å². The summed E-state index contributed by atoms with van der Waals surface area (Å²) >= 11 is 0. The van der Waals surface area contributed by atoms with Crippen LogP contribution in [0.15, 0.2) is 24.3 Å². The quantitative estimate of drug-likeness (QED) is 0.691. The Morgan fingerprint density at radius 1 is 1.47 bits per heavy atom. The molecule has 1 aliphatic heterocycles. The van der Waals surface area contributed by atoms with Crippen molar-refractivity contribution in [1.82, 2.24) is 0 Å². The molecule has 2 unspecified atom stereocenters. The molecular formula is C11H10N2O2. The van der Waals surface area contributed by atoms with Crippen molar-refractivity contribution in [3.8, 4) is 0 Å². The van der Waals surface area contributed by atoms with E-state index in [4.69, 9.17) is 5.73 Å². The zero-order valence-corrected chi connectivity index (χ0v) is 7.99. The molecule has 1 aromatic rings. The summed E-state index contributed by atoms with van der Waals surface area (Å²) in [4.78, 5) is 22.9. The molecule has 0 aromatic heterocycles. The Hall–Kier alpha value is -1.84. The molecule has 3 rings (SSSR count). The van der Waals surface area contributed by atoms with Gasteiger partial charge in [0.05, 0.1) is 11.3 Å². The van der Waals surface area contributed by atoms with Gasteiger partial charge in [0.2, 0.25) is 11.8 Å². The summed E-state index contributed by atoms with van der Waals surface area (Å²) in [7, 11) is 0. The number of nitrogens with two attached hydrogens (primary N) is 1. The first-order valence-electron chi connectivity index (χ1n) is 4.86. The molecule has 1 spiro atoms. The average molecular weight is 202 g/mol. The van der Waals surface area contributed by atoms with Crippen LogP contribution in [0, 0.1) is 5.92 Å². The van der Waals surface area contributed by atoms with Crippen molar-refractivity contribution in [3.05, 3.63) is 29.8 Å². The van der Waals surface area contributed by atoms with Crippen molar-refractivity contribution in [3.63, 3.8) is 0 Å². The number of hydrogen-bond acceptors (Lipinski definition) is 2. The minimum absolute atomic E-state index is 0.0903. The van der Waals surface area contributed by atoms with Crippen LogP contribution in [-0.4, -0.2) is 11.8 Å². The van der Waals surface area contributed by atoms with Crippen LogP contribution < -0.4 is 11.1 Å². The third-order valence-electron chi connectivity index (χ3n) is 3.37. The molecule has 1 aliphatic carbocycles. The number of para-hydroxylation sites is 1. The number of hydrogen-bond donors (Lipinski definition) is 2. The molecule has 1 saturated carbocycles. The van der Waals surface area contributed by atoms with Gasteiger partial charge >= 0.3 is 0 Å². The highest BCUT2D eigenvalue weighted by atomic mass is 16.2. The highest BCUT2D eigenvalue weighted by Crippen LogP contribution is 2.59. The van der Waals surface area contributed by atoms with Gasteiger partial charge in [-0.3, -0.25) is 9.59 Å². The molecule has 15 heavy (non-hydrogen) atoms. The van der Waals surface area contributed by atoms with Gasteiger partial charge in [-0.25, -0.2) is 0 Å². The van der Waals surface area contributed by atoms with E-state index in [9.17, 15) is 9.59 Å². The van der Waals surface area contributed by atoms with Gasteiger partial charge in [-0.15, -0.1) is 0 Å². The average Bonchev–Trinajstić information content (AvgIpc) is 2.88. The Kier molecular flexibility index (Phi) is 1.35. The maximum absolute atomic E-state index is 11.8. The van der Waals surface area contributed by atoms with E-state index in [0.29, 0.717) is 6.42 Å². The molecule has 1 heterocycles. The predicted octanol–water partition coefficient (Wildman–Crippen LogP) is 0.382. The number of carbonyl (C=O) groups excluding carboxylic acids is 2. The predicted molar refractivity (Wildman–Crippen MR) is 54.1 cm³/mol. The van der Waals surface area contributed by atoms with Gasteiger partial charge in [0, 0.05) is 5.69 Å². The minimum atomic E-state index is -0.650. The summed E-state index contributed by atoms with van der Waals surface area (Å²) in [6.45, 7) is 0. The maximum Gasteiger partial charge on any atom is 0.235 e. The second-order valence-corrected chi connectivity index (χ2v) is 4.13. The van der Waals surface area contributed by atoms with E-state index >= 15 is 0 Å². The monoisotopic (exact) mass is 202 g/mol. The first kappa shape index (κ1) is 8.47. The van der Waals surface area contributed by atoms with Crippen molar-refractivity contribution in [1.29, 1.82) is 0 Å². The van der Waals surface area contributed by atoms with E-state index in [1.807, 2.05) is 24.3 Å². The van der Waals surface area contributed by atoms with Crippen molar-refractivity contribution in [2.75, 3.05) is 5.32 Å². The molecule has 4 heteroatoms. The van der Waals surface area contributed by atoms with Gasteiger partial charge in [-0.2, -0.15) is 0 Å². The minimum Gasteiger partial charge on any atom is -0.369 e. The van der Waals surface area contributed by atoms with Crippen molar-refractivity contribution in [2.45, 2.75) is 11.8 Å². The number of primary amides is 1. The second-order valence-electron chi connectivity index (χ2n) is 4.13. The molecule has 1 fully saturated rings. The third-order valence-corrected chi connectivity index (χ3v) is 3.37. The topological polar surface area (TPSA) is 72.2 Å². The molecule has 76 valence electrons. The van der Waals surface area contributed by atoms with Crippen LogP contribution in [0.5, 0.6) is 0 Å². The zero-order chi connectivity index (χ0) is 10.6. The summed E-state index contributed by atoms with van der Waals surface area (Å²) in [5, 5.41) is 2.79. The van der Waals surface area contributed by atoms with Crippen LogP contribution in [0.25, 0.3) is 0 Å².